The van der Waals surface area contributed by atoms with Gasteiger partial charge in [0.2, 0.25) is 5.91 Å². The van der Waals surface area contributed by atoms with Gasteiger partial charge in [0.05, 0.1) is 35.7 Å². The third-order valence-corrected chi connectivity index (χ3v) is 6.74. The summed E-state index contributed by atoms with van der Waals surface area (Å²) in [5, 5.41) is 2.59. The Morgan fingerprint density at radius 3 is 2.47 bits per heavy atom. The molecule has 184 valence electrons. The zero-order valence-corrected chi connectivity index (χ0v) is 19.4. The highest BCUT2D eigenvalue weighted by Gasteiger charge is 2.37. The van der Waals surface area contributed by atoms with Crippen LogP contribution in [0.25, 0.3) is 11.1 Å². The van der Waals surface area contributed by atoms with Crippen molar-refractivity contribution < 1.29 is 22.7 Å². The van der Waals surface area contributed by atoms with E-state index in [1.54, 1.807) is 0 Å². The van der Waals surface area contributed by atoms with Gasteiger partial charge < -0.3 is 10.1 Å². The van der Waals surface area contributed by atoms with Crippen LogP contribution >= 0.6 is 0 Å². The lowest BCUT2D eigenvalue weighted by atomic mass is 10.00. The number of ether oxygens (including phenoxy) is 1. The molecule has 2 saturated carbocycles. The molecule has 1 amide bonds. The molecule has 3 aromatic rings. The summed E-state index contributed by atoms with van der Waals surface area (Å²) in [5.41, 5.74) is 3.54. The number of benzene rings is 2. The maximum absolute atomic E-state index is 13.7. The predicted octanol–water partition coefficient (Wildman–Crippen LogP) is 6.90. The normalized spacial score (nSPS) is 17.6. The minimum atomic E-state index is -4.62. The van der Waals surface area contributed by atoms with E-state index in [9.17, 15) is 18.0 Å². The molecule has 8 heteroatoms. The molecule has 3 aliphatic rings. The van der Waals surface area contributed by atoms with Crippen LogP contribution < -0.4 is 10.1 Å². The van der Waals surface area contributed by atoms with E-state index < -0.39 is 17.6 Å². The van der Waals surface area contributed by atoms with Gasteiger partial charge in [-0.2, -0.15) is 13.2 Å². The molecule has 0 saturated heterocycles. The molecule has 0 bridgehead atoms. The van der Waals surface area contributed by atoms with Crippen molar-refractivity contribution in [2.45, 2.75) is 44.2 Å². The topological polar surface area (TPSA) is 63.6 Å². The van der Waals surface area contributed by atoms with Crippen molar-refractivity contribution in [2.24, 2.45) is 10.9 Å². The number of hydrogen-bond acceptors (Lipinski definition) is 4. The second kappa shape index (κ2) is 8.76. The van der Waals surface area contributed by atoms with Crippen LogP contribution in [0.1, 0.15) is 54.8 Å². The summed E-state index contributed by atoms with van der Waals surface area (Å²) in [6, 6.07) is 13.9. The van der Waals surface area contributed by atoms with Crippen LogP contribution in [0.2, 0.25) is 0 Å². The molecule has 0 radical (unpaired) electrons. The van der Waals surface area contributed by atoms with E-state index in [-0.39, 0.29) is 30.2 Å². The van der Waals surface area contributed by atoms with E-state index in [0.29, 0.717) is 17.5 Å². The van der Waals surface area contributed by atoms with Gasteiger partial charge in [-0.15, -0.1) is 0 Å². The summed E-state index contributed by atoms with van der Waals surface area (Å²) in [5.74, 6) is 0.177. The molecule has 1 aliphatic heterocycles. The summed E-state index contributed by atoms with van der Waals surface area (Å²) >= 11 is 0. The standard InChI is InChI=1S/C28H24F3N3O2/c29-28(30,31)21-11-24-25(12-26(21)36-15-16-4-5-16)33-23(13-27(35)34-24)19-3-1-2-18(10-19)20-8-9-22(32-14-20)17-6-7-17/h1-3,8-12,14,16-17H,4-7,13,15H2,(H,34,35). The highest BCUT2D eigenvalue weighted by molar-refractivity contribution is 6.17. The minimum Gasteiger partial charge on any atom is -0.493 e. The summed E-state index contributed by atoms with van der Waals surface area (Å²) in [6.45, 7) is 0.237. The maximum atomic E-state index is 13.7. The van der Waals surface area contributed by atoms with Gasteiger partial charge in [0.15, 0.2) is 0 Å². The Morgan fingerprint density at radius 1 is 0.972 bits per heavy atom. The molecular weight excluding hydrogens is 467 g/mol. The monoisotopic (exact) mass is 491 g/mol. The lowest BCUT2D eigenvalue weighted by molar-refractivity contribution is -0.139. The molecule has 1 N–H and O–H groups in total. The number of alkyl halides is 3. The molecule has 2 fully saturated rings. The van der Waals surface area contributed by atoms with Crippen LogP contribution in [0.3, 0.4) is 0 Å². The number of amides is 1. The fraction of sp³-hybridized carbons (Fsp3) is 0.321. The number of halogens is 3. The molecule has 0 atom stereocenters. The number of nitrogens with one attached hydrogen (secondary N) is 1. The Labute approximate surface area is 206 Å². The van der Waals surface area contributed by atoms with E-state index in [2.05, 4.69) is 15.3 Å². The van der Waals surface area contributed by atoms with Crippen LogP contribution in [-0.2, 0) is 11.0 Å². The fourth-order valence-electron chi connectivity index (χ4n) is 4.37. The number of pyridine rings is 1. The number of hydrogen-bond donors (Lipinski definition) is 1. The second-order valence-corrected chi connectivity index (χ2v) is 9.73. The van der Waals surface area contributed by atoms with Crippen molar-refractivity contribution in [1.82, 2.24) is 4.98 Å². The molecule has 1 aromatic heterocycles. The van der Waals surface area contributed by atoms with Crippen molar-refractivity contribution in [3.8, 4) is 16.9 Å². The van der Waals surface area contributed by atoms with E-state index >= 15 is 0 Å². The number of carbonyl (C=O) groups excluding carboxylic acids is 1. The van der Waals surface area contributed by atoms with Gasteiger partial charge >= 0.3 is 6.18 Å². The molecule has 2 aromatic carbocycles. The summed E-state index contributed by atoms with van der Waals surface area (Å²) in [4.78, 5) is 21.9. The van der Waals surface area contributed by atoms with Crippen molar-refractivity contribution >= 4 is 23.0 Å². The molecule has 5 nitrogen and oxygen atoms in total. The van der Waals surface area contributed by atoms with Crippen molar-refractivity contribution in [2.75, 3.05) is 11.9 Å². The first-order valence-electron chi connectivity index (χ1n) is 12.2. The molecule has 6 rings (SSSR count). The van der Waals surface area contributed by atoms with Gasteiger partial charge in [0, 0.05) is 29.4 Å². The summed E-state index contributed by atoms with van der Waals surface area (Å²) < 4.78 is 46.8. The first-order valence-corrected chi connectivity index (χ1v) is 12.2. The zero-order chi connectivity index (χ0) is 24.9. The van der Waals surface area contributed by atoms with Crippen LogP contribution in [0, 0.1) is 5.92 Å². The molecular formula is C28H24F3N3O2. The third kappa shape index (κ3) is 4.85. The zero-order valence-electron chi connectivity index (χ0n) is 19.4. The van der Waals surface area contributed by atoms with Crippen molar-refractivity contribution in [1.29, 1.82) is 0 Å². The average molecular weight is 492 g/mol. The number of fused-ring (bicyclic) bond motifs is 1. The third-order valence-electron chi connectivity index (χ3n) is 6.74. The van der Waals surface area contributed by atoms with E-state index in [1.807, 2.05) is 42.6 Å². The quantitative estimate of drug-likeness (QED) is 0.408. The minimum absolute atomic E-state index is 0.0251. The first kappa shape index (κ1) is 22.8. The lowest BCUT2D eigenvalue weighted by Crippen LogP contribution is -2.16. The second-order valence-electron chi connectivity index (χ2n) is 9.73. The van der Waals surface area contributed by atoms with Crippen molar-refractivity contribution in [3.05, 3.63) is 71.5 Å². The number of rotatable bonds is 6. The van der Waals surface area contributed by atoms with Gasteiger partial charge in [-0.3, -0.25) is 9.78 Å². The Hall–Kier alpha value is -3.68. The van der Waals surface area contributed by atoms with Crippen LogP contribution in [-0.4, -0.2) is 23.2 Å². The van der Waals surface area contributed by atoms with Crippen LogP contribution in [0.4, 0.5) is 24.5 Å². The lowest BCUT2D eigenvalue weighted by Gasteiger charge is -2.16. The Kier molecular flexibility index (Phi) is 5.54. The molecule has 2 aliphatic carbocycles. The average Bonchev–Trinajstić information content (AvgIpc) is 3.76. The van der Waals surface area contributed by atoms with Gasteiger partial charge in [-0.1, -0.05) is 24.3 Å². The fourth-order valence-corrected chi connectivity index (χ4v) is 4.37. The van der Waals surface area contributed by atoms with Crippen molar-refractivity contribution in [3.63, 3.8) is 0 Å². The number of carbonyl (C=O) groups is 1. The molecule has 36 heavy (non-hydrogen) atoms. The molecule has 0 unspecified atom stereocenters. The summed E-state index contributed by atoms with van der Waals surface area (Å²) in [7, 11) is 0. The Bertz CT molecular complexity index is 1360. The van der Waals surface area contributed by atoms with E-state index in [4.69, 9.17) is 4.74 Å². The van der Waals surface area contributed by atoms with Gasteiger partial charge in [-0.05, 0) is 60.9 Å². The van der Waals surface area contributed by atoms with Crippen LogP contribution in [0.15, 0.2) is 59.7 Å². The highest BCUT2D eigenvalue weighted by Crippen LogP contribution is 2.44. The Balaban J connectivity index is 1.36. The largest absolute Gasteiger partial charge is 0.493 e. The predicted molar refractivity (Wildman–Crippen MR) is 131 cm³/mol. The highest BCUT2D eigenvalue weighted by atomic mass is 19.4. The van der Waals surface area contributed by atoms with Gasteiger partial charge in [0.1, 0.15) is 5.75 Å². The van der Waals surface area contributed by atoms with E-state index in [0.717, 1.165) is 41.3 Å². The number of aliphatic imine (C=N–C) groups is 1. The number of anilines is 1. The van der Waals surface area contributed by atoms with Gasteiger partial charge in [-0.25, -0.2) is 4.99 Å². The number of nitrogens with zero attached hydrogens (tertiary/aromatic N) is 2. The molecule has 2 heterocycles. The summed E-state index contributed by atoms with van der Waals surface area (Å²) in [6.07, 6.45) is 1.46. The maximum Gasteiger partial charge on any atom is 0.420 e. The smallest absolute Gasteiger partial charge is 0.420 e. The molecule has 0 spiro atoms. The van der Waals surface area contributed by atoms with Crippen LogP contribution in [0.5, 0.6) is 5.75 Å². The van der Waals surface area contributed by atoms with Gasteiger partial charge in [0.25, 0.3) is 0 Å². The SMILES string of the molecule is O=C1CC(c2cccc(-c3ccc(C4CC4)nc3)c2)=Nc2cc(OCC3CC3)c(C(F)(F)F)cc2N1. The first-order chi connectivity index (χ1) is 17.3. The Morgan fingerprint density at radius 2 is 1.78 bits per heavy atom. The number of aromatic nitrogens is 1. The van der Waals surface area contributed by atoms with E-state index in [1.165, 1.54) is 18.9 Å².